The van der Waals surface area contributed by atoms with Crippen molar-refractivity contribution in [1.82, 2.24) is 15.1 Å². The molecule has 1 aromatic rings. The third-order valence-electron chi connectivity index (χ3n) is 4.91. The average molecular weight is 426 g/mol. The Balaban J connectivity index is 1.91. The Hall–Kier alpha value is -2.13. The number of amides is 2. The molecular weight excluding hydrogens is 394 g/mol. The molecule has 1 heterocycles. The summed E-state index contributed by atoms with van der Waals surface area (Å²) in [6.45, 7) is 3.42. The van der Waals surface area contributed by atoms with Gasteiger partial charge in [0, 0.05) is 26.4 Å². The van der Waals surface area contributed by atoms with Crippen molar-refractivity contribution in [2.24, 2.45) is 0 Å². The monoisotopic (exact) mass is 425 g/mol. The van der Waals surface area contributed by atoms with Gasteiger partial charge in [-0.25, -0.2) is 13.2 Å². The van der Waals surface area contributed by atoms with E-state index in [9.17, 15) is 18.0 Å². The molecule has 0 aliphatic carbocycles. The molecule has 1 N–H and O–H groups in total. The molecule has 1 atom stereocenters. The number of sulfone groups is 1. The molecule has 1 saturated heterocycles. The topological polar surface area (TPSA) is 96.0 Å². The summed E-state index contributed by atoms with van der Waals surface area (Å²) in [6, 6.07) is 8.24. The number of hydrogen-bond acceptors (Lipinski definition) is 6. The van der Waals surface area contributed by atoms with Gasteiger partial charge in [-0.3, -0.25) is 4.79 Å². The lowest BCUT2D eigenvalue weighted by Gasteiger charge is -2.26. The van der Waals surface area contributed by atoms with Crippen molar-refractivity contribution in [2.45, 2.75) is 31.9 Å². The number of benzene rings is 1. The maximum atomic E-state index is 12.8. The van der Waals surface area contributed by atoms with Crippen LogP contribution in [0.1, 0.15) is 24.8 Å². The molecule has 1 fully saturated rings. The zero-order valence-corrected chi connectivity index (χ0v) is 18.0. The van der Waals surface area contributed by atoms with Crippen LogP contribution in [0.2, 0.25) is 0 Å². The van der Waals surface area contributed by atoms with Gasteiger partial charge in [0.1, 0.15) is 22.5 Å². The summed E-state index contributed by atoms with van der Waals surface area (Å²) >= 11 is 0. The quantitative estimate of drug-likeness (QED) is 0.607. The fourth-order valence-electron chi connectivity index (χ4n) is 3.17. The average Bonchev–Trinajstić information content (AvgIpc) is 3.21. The normalized spacial score (nSPS) is 15.7. The van der Waals surface area contributed by atoms with E-state index in [1.165, 1.54) is 12.8 Å². The van der Waals surface area contributed by atoms with Crippen LogP contribution >= 0.6 is 0 Å². The molecule has 1 aliphatic heterocycles. The van der Waals surface area contributed by atoms with E-state index in [0.717, 1.165) is 31.5 Å². The van der Waals surface area contributed by atoms with E-state index in [-0.39, 0.29) is 24.7 Å². The highest BCUT2D eigenvalue weighted by Crippen LogP contribution is 2.08. The van der Waals surface area contributed by atoms with Gasteiger partial charge in [-0.05, 0) is 37.9 Å². The second kappa shape index (κ2) is 11.2. The van der Waals surface area contributed by atoms with Gasteiger partial charge < -0.3 is 19.9 Å². The number of carbonyl (C=O) groups is 2. The van der Waals surface area contributed by atoms with Gasteiger partial charge in [0.15, 0.2) is 0 Å². The number of hydrogen-bond donors (Lipinski definition) is 1. The maximum absolute atomic E-state index is 12.8. The molecule has 8 nitrogen and oxygen atoms in total. The van der Waals surface area contributed by atoms with Gasteiger partial charge in [0.05, 0.1) is 5.75 Å². The van der Waals surface area contributed by atoms with Crippen LogP contribution in [-0.2, 0) is 26.0 Å². The summed E-state index contributed by atoms with van der Waals surface area (Å²) in [6.07, 6.45) is 2.71. The first-order valence-electron chi connectivity index (χ1n) is 9.87. The number of alkyl carbamates (subject to hydrolysis) is 1. The molecule has 162 valence electrons. The number of nitrogens with one attached hydrogen (secondary N) is 1. The molecule has 2 amide bonds. The van der Waals surface area contributed by atoms with Crippen LogP contribution in [0.3, 0.4) is 0 Å². The second-order valence-electron chi connectivity index (χ2n) is 7.49. The van der Waals surface area contributed by atoms with Gasteiger partial charge in [0.25, 0.3) is 0 Å². The van der Waals surface area contributed by atoms with Gasteiger partial charge >= 0.3 is 6.09 Å². The predicted molar refractivity (Wildman–Crippen MR) is 111 cm³/mol. The Morgan fingerprint density at radius 3 is 2.48 bits per heavy atom. The number of likely N-dealkylation sites (N-methyl/N-ethyl adjacent to an activating group) is 1. The van der Waals surface area contributed by atoms with Gasteiger partial charge in [-0.1, -0.05) is 30.3 Å². The first-order valence-corrected chi connectivity index (χ1v) is 11.9. The summed E-state index contributed by atoms with van der Waals surface area (Å²) in [5.74, 6) is -0.507. The van der Waals surface area contributed by atoms with Crippen LogP contribution in [0.5, 0.6) is 0 Å². The highest BCUT2D eigenvalue weighted by atomic mass is 32.2. The first kappa shape index (κ1) is 23.2. The molecule has 1 aromatic carbocycles. The summed E-state index contributed by atoms with van der Waals surface area (Å²) in [4.78, 5) is 28.8. The SMILES string of the molecule is CN(CCN1CCCC1)C(=O)C(CCS(C)(=O)=O)NC(=O)OCc1ccccc1. The van der Waals surface area contributed by atoms with E-state index in [1.54, 1.807) is 11.9 Å². The Kier molecular flexibility index (Phi) is 8.91. The van der Waals surface area contributed by atoms with Crippen molar-refractivity contribution in [3.05, 3.63) is 35.9 Å². The molecule has 0 spiro atoms. The fraction of sp³-hybridized carbons (Fsp3) is 0.600. The van der Waals surface area contributed by atoms with Crippen LogP contribution in [0.25, 0.3) is 0 Å². The molecule has 0 aromatic heterocycles. The summed E-state index contributed by atoms with van der Waals surface area (Å²) < 4.78 is 28.3. The van der Waals surface area contributed by atoms with Crippen LogP contribution < -0.4 is 5.32 Å². The molecule has 9 heteroatoms. The maximum Gasteiger partial charge on any atom is 0.408 e. The minimum absolute atomic E-state index is 0.00611. The molecule has 0 bridgehead atoms. The van der Waals surface area contributed by atoms with Crippen LogP contribution in [0.4, 0.5) is 4.79 Å². The van der Waals surface area contributed by atoms with Crippen molar-refractivity contribution in [3.63, 3.8) is 0 Å². The van der Waals surface area contributed by atoms with Crippen LogP contribution in [0.15, 0.2) is 30.3 Å². The van der Waals surface area contributed by atoms with E-state index in [2.05, 4.69) is 10.2 Å². The number of likely N-dealkylation sites (tertiary alicyclic amines) is 1. The zero-order chi connectivity index (χ0) is 21.3. The minimum atomic E-state index is -3.27. The van der Waals surface area contributed by atoms with Crippen molar-refractivity contribution in [1.29, 1.82) is 0 Å². The first-order chi connectivity index (χ1) is 13.7. The Labute approximate surface area is 173 Å². The molecule has 29 heavy (non-hydrogen) atoms. The molecule has 2 rings (SSSR count). The summed E-state index contributed by atoms with van der Waals surface area (Å²) in [7, 11) is -1.60. The summed E-state index contributed by atoms with van der Waals surface area (Å²) in [5, 5.41) is 2.54. The van der Waals surface area contributed by atoms with Crippen LogP contribution in [-0.4, -0.2) is 81.5 Å². The molecule has 0 saturated carbocycles. The van der Waals surface area contributed by atoms with Crippen molar-refractivity contribution in [3.8, 4) is 0 Å². The van der Waals surface area contributed by atoms with Crippen molar-refractivity contribution in [2.75, 3.05) is 45.2 Å². The largest absolute Gasteiger partial charge is 0.445 e. The Bertz CT molecular complexity index is 764. The lowest BCUT2D eigenvalue weighted by atomic mass is 10.2. The van der Waals surface area contributed by atoms with Gasteiger partial charge in [-0.15, -0.1) is 0 Å². The molecule has 1 unspecified atom stereocenters. The Morgan fingerprint density at radius 1 is 1.21 bits per heavy atom. The van der Waals surface area contributed by atoms with E-state index < -0.39 is 22.0 Å². The predicted octanol–water partition coefficient (Wildman–Crippen LogP) is 1.27. The zero-order valence-electron chi connectivity index (χ0n) is 17.2. The standard InChI is InChI=1S/C20H31N3O5S/c1-22(13-14-23-11-6-7-12-23)19(24)18(10-15-29(2,26)27)21-20(25)28-16-17-8-4-3-5-9-17/h3-5,8-9,18H,6-7,10-16H2,1-2H3,(H,21,25). The highest BCUT2D eigenvalue weighted by molar-refractivity contribution is 7.90. The Morgan fingerprint density at radius 2 is 1.86 bits per heavy atom. The summed E-state index contributed by atoms with van der Waals surface area (Å²) in [5.41, 5.74) is 0.824. The van der Waals surface area contributed by atoms with Crippen molar-refractivity contribution >= 4 is 21.8 Å². The van der Waals surface area contributed by atoms with E-state index >= 15 is 0 Å². The van der Waals surface area contributed by atoms with Gasteiger partial charge in [0.2, 0.25) is 5.91 Å². The second-order valence-corrected chi connectivity index (χ2v) is 9.75. The van der Waals surface area contributed by atoms with E-state index in [1.807, 2.05) is 30.3 Å². The fourth-order valence-corrected chi connectivity index (χ4v) is 3.83. The van der Waals surface area contributed by atoms with Crippen molar-refractivity contribution < 1.29 is 22.7 Å². The third-order valence-corrected chi connectivity index (χ3v) is 5.88. The number of carbonyl (C=O) groups excluding carboxylic acids is 2. The van der Waals surface area contributed by atoms with E-state index in [0.29, 0.717) is 6.54 Å². The third kappa shape index (κ3) is 8.82. The lowest BCUT2D eigenvalue weighted by molar-refractivity contribution is -0.132. The molecular formula is C20H31N3O5S. The minimum Gasteiger partial charge on any atom is -0.445 e. The van der Waals surface area contributed by atoms with Gasteiger partial charge in [-0.2, -0.15) is 0 Å². The van der Waals surface area contributed by atoms with Crippen LogP contribution in [0, 0.1) is 0 Å². The number of nitrogens with zero attached hydrogens (tertiary/aromatic N) is 2. The lowest BCUT2D eigenvalue weighted by Crippen LogP contribution is -2.49. The molecule has 1 aliphatic rings. The van der Waals surface area contributed by atoms with E-state index in [4.69, 9.17) is 4.74 Å². The number of rotatable bonds is 10. The molecule has 0 radical (unpaired) electrons. The highest BCUT2D eigenvalue weighted by Gasteiger charge is 2.26. The smallest absolute Gasteiger partial charge is 0.408 e. The number of ether oxygens (including phenoxy) is 1.